The summed E-state index contributed by atoms with van der Waals surface area (Å²) in [6.45, 7) is 8.47. The van der Waals surface area contributed by atoms with E-state index in [2.05, 4.69) is 18.7 Å². The van der Waals surface area contributed by atoms with Crippen LogP contribution in [0.5, 0.6) is 0 Å². The van der Waals surface area contributed by atoms with Crippen LogP contribution in [-0.4, -0.2) is 57.9 Å². The molecule has 166 valence electrons. The molecule has 7 nitrogen and oxygen atoms in total. The van der Waals surface area contributed by atoms with E-state index in [4.69, 9.17) is 21.9 Å². The maximum absolute atomic E-state index is 13.5. The number of carbonyl (C=O) groups excluding carboxylic acids is 1. The predicted molar refractivity (Wildman–Crippen MR) is 131 cm³/mol. The minimum absolute atomic E-state index is 0.192. The lowest BCUT2D eigenvalue weighted by Gasteiger charge is -2.25. The smallest absolute Gasteiger partial charge is 0.267 e. The molecule has 2 aromatic heterocycles. The molecule has 0 spiro atoms. The standard InChI is InChI=1S/C22H28N4O3S2/c1-5-9-24(10-6-2)19-16(20(27)25-11-7-8-15(3)18(25)23-19)14-17-21(28)26(12-13-29-4)22(30)31-17/h7-8,11,14H,5-6,9-10,12-13H2,1-4H3/b17-14-. The summed E-state index contributed by atoms with van der Waals surface area (Å²) in [4.78, 5) is 35.4. The summed E-state index contributed by atoms with van der Waals surface area (Å²) in [5.74, 6) is 0.412. The van der Waals surface area contributed by atoms with E-state index in [9.17, 15) is 9.59 Å². The zero-order chi connectivity index (χ0) is 22.5. The molecule has 0 atom stereocenters. The molecule has 2 aromatic rings. The second-order valence-corrected chi connectivity index (χ2v) is 9.03. The van der Waals surface area contributed by atoms with E-state index < -0.39 is 0 Å². The van der Waals surface area contributed by atoms with Crippen molar-refractivity contribution in [1.82, 2.24) is 14.3 Å². The van der Waals surface area contributed by atoms with Crippen molar-refractivity contribution >= 4 is 51.7 Å². The molecule has 0 unspecified atom stereocenters. The van der Waals surface area contributed by atoms with Gasteiger partial charge in [0, 0.05) is 26.4 Å². The van der Waals surface area contributed by atoms with Gasteiger partial charge in [-0.2, -0.15) is 0 Å². The van der Waals surface area contributed by atoms with Gasteiger partial charge < -0.3 is 9.64 Å². The fraction of sp³-hybridized carbons (Fsp3) is 0.455. The van der Waals surface area contributed by atoms with Crippen molar-refractivity contribution in [3.8, 4) is 0 Å². The van der Waals surface area contributed by atoms with Gasteiger partial charge in [-0.15, -0.1) is 0 Å². The van der Waals surface area contributed by atoms with Gasteiger partial charge in [0.25, 0.3) is 11.5 Å². The van der Waals surface area contributed by atoms with Gasteiger partial charge in [-0.1, -0.05) is 43.9 Å². The summed E-state index contributed by atoms with van der Waals surface area (Å²) in [7, 11) is 1.58. The Labute approximate surface area is 192 Å². The molecule has 9 heteroatoms. The minimum Gasteiger partial charge on any atom is -0.383 e. The molecule has 1 saturated heterocycles. The quantitative estimate of drug-likeness (QED) is 0.419. The largest absolute Gasteiger partial charge is 0.383 e. The van der Waals surface area contributed by atoms with Crippen molar-refractivity contribution in [2.24, 2.45) is 0 Å². The number of fused-ring (bicyclic) bond motifs is 1. The number of thiocarbonyl (C=S) groups is 1. The number of anilines is 1. The summed E-state index contributed by atoms with van der Waals surface area (Å²) in [5.41, 5.74) is 1.77. The van der Waals surface area contributed by atoms with E-state index in [1.165, 1.54) is 16.7 Å². The number of hydrogen-bond donors (Lipinski definition) is 0. The van der Waals surface area contributed by atoms with E-state index in [0.29, 0.717) is 39.4 Å². The second-order valence-electron chi connectivity index (χ2n) is 7.35. The first kappa shape index (κ1) is 23.4. The highest BCUT2D eigenvalue weighted by molar-refractivity contribution is 8.26. The molecule has 0 saturated carbocycles. The lowest BCUT2D eigenvalue weighted by atomic mass is 10.2. The maximum Gasteiger partial charge on any atom is 0.267 e. The zero-order valence-corrected chi connectivity index (χ0v) is 20.0. The number of carbonyl (C=O) groups is 1. The Balaban J connectivity index is 2.18. The summed E-state index contributed by atoms with van der Waals surface area (Å²) in [6.07, 6.45) is 5.22. The molecule has 1 fully saturated rings. The van der Waals surface area contributed by atoms with Gasteiger partial charge in [-0.05, 0) is 37.5 Å². The van der Waals surface area contributed by atoms with Crippen LogP contribution in [0.25, 0.3) is 11.7 Å². The molecule has 1 aliphatic rings. The number of amides is 1. The Bertz CT molecular complexity index is 1070. The number of rotatable bonds is 9. The monoisotopic (exact) mass is 460 g/mol. The van der Waals surface area contributed by atoms with Crippen molar-refractivity contribution in [1.29, 1.82) is 0 Å². The third-order valence-electron chi connectivity index (χ3n) is 5.02. The summed E-state index contributed by atoms with van der Waals surface area (Å²) >= 11 is 6.59. The van der Waals surface area contributed by atoms with E-state index in [-0.39, 0.29) is 11.5 Å². The first-order valence-electron chi connectivity index (χ1n) is 10.4. The average Bonchev–Trinajstić information content (AvgIpc) is 3.01. The normalized spacial score (nSPS) is 15.5. The Morgan fingerprint density at radius 2 is 1.97 bits per heavy atom. The third kappa shape index (κ3) is 4.83. The number of methoxy groups -OCH3 is 1. The number of ether oxygens (including phenoxy) is 1. The van der Waals surface area contributed by atoms with Crippen LogP contribution in [0.2, 0.25) is 0 Å². The van der Waals surface area contributed by atoms with Crippen LogP contribution in [0.15, 0.2) is 28.0 Å². The Hall–Kier alpha value is -2.23. The minimum atomic E-state index is -0.204. The molecule has 1 amide bonds. The van der Waals surface area contributed by atoms with Crippen LogP contribution in [0.1, 0.15) is 37.8 Å². The van der Waals surface area contributed by atoms with E-state index in [0.717, 1.165) is 31.5 Å². The first-order valence-corrected chi connectivity index (χ1v) is 11.7. The Morgan fingerprint density at radius 3 is 2.61 bits per heavy atom. The van der Waals surface area contributed by atoms with Gasteiger partial charge >= 0.3 is 0 Å². The molecule has 3 heterocycles. The number of nitrogens with zero attached hydrogens (tertiary/aromatic N) is 4. The van der Waals surface area contributed by atoms with Gasteiger partial charge in [0.05, 0.1) is 23.6 Å². The van der Waals surface area contributed by atoms with Crippen molar-refractivity contribution in [2.75, 3.05) is 38.3 Å². The molecular formula is C22H28N4O3S2. The number of pyridine rings is 1. The zero-order valence-electron chi connectivity index (χ0n) is 18.4. The van der Waals surface area contributed by atoms with E-state index in [1.807, 2.05) is 19.1 Å². The third-order valence-corrected chi connectivity index (χ3v) is 6.40. The maximum atomic E-state index is 13.5. The average molecular weight is 461 g/mol. The van der Waals surface area contributed by atoms with Crippen LogP contribution in [-0.2, 0) is 9.53 Å². The SMILES string of the molecule is CCCN(CCC)c1nc2c(C)cccn2c(=O)c1/C=C1\SC(=S)N(CCOC)C1=O. The van der Waals surface area contributed by atoms with Crippen LogP contribution in [0.4, 0.5) is 5.82 Å². The molecule has 1 aliphatic heterocycles. The van der Waals surface area contributed by atoms with Crippen molar-refractivity contribution in [2.45, 2.75) is 33.6 Å². The molecule has 0 aromatic carbocycles. The Kier molecular flexibility index (Phi) is 7.85. The summed E-state index contributed by atoms with van der Waals surface area (Å²) < 4.78 is 7.10. The van der Waals surface area contributed by atoms with Crippen molar-refractivity contribution in [3.05, 3.63) is 44.7 Å². The number of aryl methyl sites for hydroxylation is 1. The van der Waals surface area contributed by atoms with Gasteiger partial charge in [0.15, 0.2) is 0 Å². The van der Waals surface area contributed by atoms with Crippen LogP contribution < -0.4 is 10.5 Å². The lowest BCUT2D eigenvalue weighted by Crippen LogP contribution is -2.32. The van der Waals surface area contributed by atoms with Crippen LogP contribution >= 0.6 is 24.0 Å². The molecule has 0 N–H and O–H groups in total. The van der Waals surface area contributed by atoms with Crippen LogP contribution in [0.3, 0.4) is 0 Å². The molecule has 0 aliphatic carbocycles. The highest BCUT2D eigenvalue weighted by atomic mass is 32.2. The van der Waals surface area contributed by atoms with Crippen molar-refractivity contribution in [3.63, 3.8) is 0 Å². The van der Waals surface area contributed by atoms with Gasteiger partial charge in [-0.3, -0.25) is 18.9 Å². The van der Waals surface area contributed by atoms with Gasteiger partial charge in [0.1, 0.15) is 15.8 Å². The lowest BCUT2D eigenvalue weighted by molar-refractivity contribution is -0.122. The number of aromatic nitrogens is 2. The van der Waals surface area contributed by atoms with Crippen LogP contribution in [0, 0.1) is 6.92 Å². The second kappa shape index (κ2) is 10.4. The Morgan fingerprint density at radius 1 is 1.26 bits per heavy atom. The highest BCUT2D eigenvalue weighted by Crippen LogP contribution is 2.33. The molecule has 0 radical (unpaired) electrons. The number of hydrogen-bond acceptors (Lipinski definition) is 7. The summed E-state index contributed by atoms with van der Waals surface area (Å²) in [6, 6.07) is 3.77. The topological polar surface area (TPSA) is 67.2 Å². The number of thioether (sulfide) groups is 1. The van der Waals surface area contributed by atoms with Crippen molar-refractivity contribution < 1.29 is 9.53 Å². The molecular weight excluding hydrogens is 432 g/mol. The molecule has 3 rings (SSSR count). The highest BCUT2D eigenvalue weighted by Gasteiger charge is 2.32. The summed E-state index contributed by atoms with van der Waals surface area (Å²) in [5, 5.41) is 0. The molecule has 0 bridgehead atoms. The van der Waals surface area contributed by atoms with Gasteiger partial charge in [0.2, 0.25) is 0 Å². The van der Waals surface area contributed by atoms with Gasteiger partial charge in [-0.25, -0.2) is 4.98 Å². The van der Waals surface area contributed by atoms with E-state index in [1.54, 1.807) is 23.8 Å². The fourth-order valence-electron chi connectivity index (χ4n) is 3.54. The fourth-order valence-corrected chi connectivity index (χ4v) is 4.83. The molecule has 31 heavy (non-hydrogen) atoms. The first-order chi connectivity index (χ1) is 14.9. The predicted octanol–water partition coefficient (Wildman–Crippen LogP) is 3.48. The van der Waals surface area contributed by atoms with E-state index >= 15 is 0 Å².